The van der Waals surface area contributed by atoms with E-state index in [0.717, 1.165) is 5.56 Å². The van der Waals surface area contributed by atoms with Crippen molar-refractivity contribution in [2.45, 2.75) is 97.4 Å². The number of nitrogens with one attached hydrogen (secondary N) is 3. The van der Waals surface area contributed by atoms with Crippen LogP contribution in [0.25, 0.3) is 0 Å². The number of benzene rings is 1. The summed E-state index contributed by atoms with van der Waals surface area (Å²) in [5.74, 6) is -2.65. The van der Waals surface area contributed by atoms with Gasteiger partial charge in [0.05, 0.1) is 6.04 Å². The smallest absolute Gasteiger partial charge is 0.408 e. The lowest BCUT2D eigenvalue weighted by atomic mass is 9.85. The molecule has 0 radical (unpaired) electrons. The molecule has 226 valence electrons. The molecule has 4 amide bonds. The third-order valence-electron chi connectivity index (χ3n) is 6.77. The maximum Gasteiger partial charge on any atom is 0.408 e. The second-order valence-electron chi connectivity index (χ2n) is 12.5. The second kappa shape index (κ2) is 14.3. The van der Waals surface area contributed by atoms with Gasteiger partial charge in [0.1, 0.15) is 17.7 Å². The Morgan fingerprint density at radius 2 is 1.68 bits per heavy atom. The highest BCUT2D eigenvalue weighted by Gasteiger charge is 2.46. The highest BCUT2D eigenvalue weighted by molar-refractivity contribution is 6.38. The van der Waals surface area contributed by atoms with Gasteiger partial charge < -0.3 is 25.6 Å². The molecule has 1 fully saturated rings. The quantitative estimate of drug-likeness (QED) is 0.276. The molecule has 0 saturated carbocycles. The Morgan fingerprint density at radius 3 is 2.22 bits per heavy atom. The first-order valence-corrected chi connectivity index (χ1v) is 14.2. The fourth-order valence-corrected chi connectivity index (χ4v) is 4.77. The Labute approximate surface area is 243 Å². The zero-order valence-electron chi connectivity index (χ0n) is 25.4. The number of Topliss-reactive ketones (excluding diaryl/α,β-unsaturated/α-hetero) is 1. The first-order chi connectivity index (χ1) is 19.1. The van der Waals surface area contributed by atoms with Gasteiger partial charge in [0.15, 0.2) is 0 Å². The molecule has 0 bridgehead atoms. The van der Waals surface area contributed by atoms with Crippen LogP contribution in [-0.2, 0) is 23.9 Å². The fourth-order valence-electron chi connectivity index (χ4n) is 4.77. The van der Waals surface area contributed by atoms with Crippen molar-refractivity contribution in [1.29, 1.82) is 0 Å². The topological polar surface area (TPSA) is 134 Å². The van der Waals surface area contributed by atoms with E-state index in [9.17, 15) is 24.0 Å². The van der Waals surface area contributed by atoms with Crippen molar-refractivity contribution in [3.8, 4) is 0 Å². The Hall–Kier alpha value is -3.69. The molecule has 1 aromatic rings. The summed E-state index contributed by atoms with van der Waals surface area (Å²) < 4.78 is 5.42. The van der Waals surface area contributed by atoms with E-state index in [2.05, 4.69) is 22.5 Å². The molecular weight excluding hydrogens is 524 g/mol. The number of alkyl carbamates (subject to hydrolysis) is 1. The molecular formula is C31H46N4O6. The highest BCUT2D eigenvalue weighted by Crippen LogP contribution is 2.34. The minimum Gasteiger partial charge on any atom is -0.444 e. The number of nitrogens with zero attached hydrogens (tertiary/aromatic N) is 1. The second-order valence-corrected chi connectivity index (χ2v) is 12.5. The first-order valence-electron chi connectivity index (χ1n) is 14.2. The van der Waals surface area contributed by atoms with E-state index in [1.54, 1.807) is 20.8 Å². The minimum absolute atomic E-state index is 0.125. The lowest BCUT2D eigenvalue weighted by molar-refractivity contribution is -0.144. The number of carbonyl (C=O) groups excluding carboxylic acids is 5. The van der Waals surface area contributed by atoms with Gasteiger partial charge in [0.2, 0.25) is 17.6 Å². The SMILES string of the molecule is C=CCNC(=O)C(=O)C(CCC)NC(=O)[C@@H]1C[C@H](c2ccccc2)CN1C(=O)[C@@H](NC(=O)OC(C)(C)C)C(C)(C)C. The molecule has 10 nitrogen and oxygen atoms in total. The molecule has 4 atom stereocenters. The summed E-state index contributed by atoms with van der Waals surface area (Å²) in [6.07, 6.45) is 1.86. The number of hydrogen-bond donors (Lipinski definition) is 3. The zero-order chi connectivity index (χ0) is 31.0. The van der Waals surface area contributed by atoms with E-state index in [0.29, 0.717) is 12.8 Å². The van der Waals surface area contributed by atoms with Crippen LogP contribution < -0.4 is 16.0 Å². The normalized spacial score (nSPS) is 18.6. The van der Waals surface area contributed by atoms with Gasteiger partial charge in [-0.05, 0) is 44.6 Å². The lowest BCUT2D eigenvalue weighted by Crippen LogP contribution is -2.59. The fraction of sp³-hybridized carbons (Fsp3) is 0.581. The van der Waals surface area contributed by atoms with E-state index in [1.165, 1.54) is 11.0 Å². The van der Waals surface area contributed by atoms with Gasteiger partial charge in [0.25, 0.3) is 5.91 Å². The minimum atomic E-state index is -1.04. The number of hydrogen-bond acceptors (Lipinski definition) is 6. The van der Waals surface area contributed by atoms with Gasteiger partial charge in [-0.15, -0.1) is 6.58 Å². The summed E-state index contributed by atoms with van der Waals surface area (Å²) in [4.78, 5) is 67.2. The number of likely N-dealkylation sites (tertiary alicyclic amines) is 1. The molecule has 1 aromatic carbocycles. The van der Waals surface area contributed by atoms with Crippen molar-refractivity contribution in [3.63, 3.8) is 0 Å². The molecule has 1 unspecified atom stereocenters. The van der Waals surface area contributed by atoms with Crippen LogP contribution in [0.4, 0.5) is 4.79 Å². The van der Waals surface area contributed by atoms with Crippen molar-refractivity contribution >= 4 is 29.6 Å². The van der Waals surface area contributed by atoms with E-state index < -0.39 is 58.7 Å². The molecule has 2 rings (SSSR count). The van der Waals surface area contributed by atoms with Crippen LogP contribution in [0.15, 0.2) is 43.0 Å². The molecule has 0 aromatic heterocycles. The van der Waals surface area contributed by atoms with E-state index >= 15 is 0 Å². The van der Waals surface area contributed by atoms with Gasteiger partial charge in [-0.1, -0.05) is 70.5 Å². The molecule has 0 spiro atoms. The van der Waals surface area contributed by atoms with Crippen molar-refractivity contribution in [1.82, 2.24) is 20.9 Å². The van der Waals surface area contributed by atoms with Crippen LogP contribution in [0.3, 0.4) is 0 Å². The van der Waals surface area contributed by atoms with Crippen LogP contribution >= 0.6 is 0 Å². The average molecular weight is 571 g/mol. The van der Waals surface area contributed by atoms with Crippen LogP contribution in [0.2, 0.25) is 0 Å². The number of rotatable bonds is 11. The number of ether oxygens (including phenoxy) is 1. The summed E-state index contributed by atoms with van der Waals surface area (Å²) in [5.41, 5.74) is -0.495. The molecule has 1 saturated heterocycles. The lowest BCUT2D eigenvalue weighted by Gasteiger charge is -2.36. The molecule has 10 heteroatoms. The predicted octanol–water partition coefficient (Wildman–Crippen LogP) is 3.47. The predicted molar refractivity (Wildman–Crippen MR) is 157 cm³/mol. The summed E-state index contributed by atoms with van der Waals surface area (Å²) in [6.45, 7) is 16.4. The standard InChI is InChI=1S/C31H46N4O6/c1-9-14-22(24(36)27(38)32-17-10-2)33-26(37)23-18-21(20-15-12-11-13-16-20)19-35(23)28(39)25(30(3,4)5)34-29(40)41-31(6,7)8/h10-13,15-16,21-23,25H,2,9,14,17-19H2,1,3-8H3,(H,32,38)(H,33,37)(H,34,40)/t21-,22?,23-,25+/m0/s1. The van der Waals surface area contributed by atoms with Gasteiger partial charge in [-0.2, -0.15) is 0 Å². The molecule has 1 aliphatic heterocycles. The zero-order valence-corrected chi connectivity index (χ0v) is 25.4. The van der Waals surface area contributed by atoms with E-state index in [1.807, 2.05) is 58.0 Å². The van der Waals surface area contributed by atoms with Gasteiger partial charge >= 0.3 is 6.09 Å². The molecule has 0 aliphatic carbocycles. The van der Waals surface area contributed by atoms with Crippen LogP contribution in [-0.4, -0.2) is 71.3 Å². The van der Waals surface area contributed by atoms with E-state index in [4.69, 9.17) is 4.74 Å². The van der Waals surface area contributed by atoms with Gasteiger partial charge in [-0.25, -0.2) is 4.79 Å². The van der Waals surface area contributed by atoms with Crippen molar-refractivity contribution in [3.05, 3.63) is 48.6 Å². The molecule has 41 heavy (non-hydrogen) atoms. The van der Waals surface area contributed by atoms with Gasteiger partial charge in [-0.3, -0.25) is 19.2 Å². The number of ketones is 1. The Morgan fingerprint density at radius 1 is 1.05 bits per heavy atom. The monoisotopic (exact) mass is 570 g/mol. The first kappa shape index (κ1) is 33.5. The van der Waals surface area contributed by atoms with Crippen LogP contribution in [0, 0.1) is 5.41 Å². The van der Waals surface area contributed by atoms with E-state index in [-0.39, 0.29) is 25.4 Å². The average Bonchev–Trinajstić information content (AvgIpc) is 3.34. The van der Waals surface area contributed by atoms with Crippen LogP contribution in [0.5, 0.6) is 0 Å². The van der Waals surface area contributed by atoms with Crippen molar-refractivity contribution < 1.29 is 28.7 Å². The molecule has 3 N–H and O–H groups in total. The summed E-state index contributed by atoms with van der Waals surface area (Å²) in [7, 11) is 0. The molecule has 1 heterocycles. The van der Waals surface area contributed by atoms with Crippen molar-refractivity contribution in [2.24, 2.45) is 5.41 Å². The summed E-state index contributed by atoms with van der Waals surface area (Å²) in [6, 6.07) is 6.64. The molecule has 1 aliphatic rings. The Balaban J connectivity index is 2.39. The maximum absolute atomic E-state index is 14.1. The number of amides is 4. The van der Waals surface area contributed by atoms with Crippen molar-refractivity contribution in [2.75, 3.05) is 13.1 Å². The van der Waals surface area contributed by atoms with Crippen LogP contribution in [0.1, 0.15) is 79.2 Å². The number of carbonyl (C=O) groups is 5. The highest BCUT2D eigenvalue weighted by atomic mass is 16.6. The summed E-state index contributed by atoms with van der Waals surface area (Å²) in [5, 5.41) is 7.92. The Kier molecular flexibility index (Phi) is 11.7. The maximum atomic E-state index is 14.1. The Bertz CT molecular complexity index is 1110. The summed E-state index contributed by atoms with van der Waals surface area (Å²) >= 11 is 0. The largest absolute Gasteiger partial charge is 0.444 e. The third-order valence-corrected chi connectivity index (χ3v) is 6.77. The third kappa shape index (κ3) is 9.72. The van der Waals surface area contributed by atoms with Gasteiger partial charge in [0, 0.05) is 19.0 Å².